The van der Waals surface area contributed by atoms with Gasteiger partial charge < -0.3 is 5.11 Å². The lowest BCUT2D eigenvalue weighted by molar-refractivity contribution is -0.139. The zero-order valence-electron chi connectivity index (χ0n) is 11.2. The van der Waals surface area contributed by atoms with Gasteiger partial charge in [-0.2, -0.15) is 4.72 Å². The van der Waals surface area contributed by atoms with Crippen molar-refractivity contribution in [2.75, 3.05) is 6.26 Å². The first-order valence-electron chi connectivity index (χ1n) is 5.73. The van der Waals surface area contributed by atoms with E-state index in [0.29, 0.717) is 0 Å². The van der Waals surface area contributed by atoms with Crippen LogP contribution in [0.3, 0.4) is 0 Å². The van der Waals surface area contributed by atoms with Gasteiger partial charge in [-0.1, -0.05) is 18.5 Å². The van der Waals surface area contributed by atoms with E-state index in [1.54, 1.807) is 0 Å². The fraction of sp³-hybridized carbons (Fsp3) is 0.364. The molecule has 0 amide bonds. The molecular weight excluding hydrogens is 342 g/mol. The Morgan fingerprint density at radius 3 is 2.33 bits per heavy atom. The highest BCUT2D eigenvalue weighted by atomic mass is 35.5. The van der Waals surface area contributed by atoms with Gasteiger partial charge in [0.15, 0.2) is 9.84 Å². The van der Waals surface area contributed by atoms with Crippen LogP contribution < -0.4 is 4.72 Å². The van der Waals surface area contributed by atoms with Crippen LogP contribution in [-0.4, -0.2) is 40.2 Å². The van der Waals surface area contributed by atoms with Gasteiger partial charge in [-0.25, -0.2) is 16.8 Å². The molecule has 118 valence electrons. The molecule has 2 N–H and O–H groups in total. The molecule has 0 saturated carbocycles. The van der Waals surface area contributed by atoms with Crippen LogP contribution in [0.15, 0.2) is 28.0 Å². The molecule has 1 atom stereocenters. The van der Waals surface area contributed by atoms with Gasteiger partial charge in [-0.3, -0.25) is 4.79 Å². The summed E-state index contributed by atoms with van der Waals surface area (Å²) >= 11 is 5.78. The van der Waals surface area contributed by atoms with Crippen molar-refractivity contribution in [3.63, 3.8) is 0 Å². The second-order valence-corrected chi connectivity index (χ2v) is 8.39. The molecule has 0 saturated heterocycles. The van der Waals surface area contributed by atoms with Crippen molar-refractivity contribution in [1.29, 1.82) is 0 Å². The number of sulfone groups is 1. The smallest absolute Gasteiger partial charge is 0.321 e. The monoisotopic (exact) mass is 355 g/mol. The van der Waals surface area contributed by atoms with Crippen molar-refractivity contribution < 1.29 is 26.7 Å². The molecular formula is C11H14ClNO6S2. The minimum Gasteiger partial charge on any atom is -0.480 e. The van der Waals surface area contributed by atoms with E-state index >= 15 is 0 Å². The molecule has 0 bridgehead atoms. The number of aliphatic carboxylic acids is 1. The lowest BCUT2D eigenvalue weighted by Crippen LogP contribution is -2.40. The molecule has 1 aromatic rings. The highest BCUT2D eigenvalue weighted by Gasteiger charge is 2.26. The molecule has 0 aromatic heterocycles. The molecule has 0 unspecified atom stereocenters. The summed E-state index contributed by atoms with van der Waals surface area (Å²) in [5.74, 6) is -1.34. The first kappa shape index (κ1) is 17.9. The molecule has 0 radical (unpaired) electrons. The van der Waals surface area contributed by atoms with Gasteiger partial charge in [-0.05, 0) is 24.6 Å². The van der Waals surface area contributed by atoms with Gasteiger partial charge in [0, 0.05) is 6.26 Å². The fourth-order valence-corrected chi connectivity index (χ4v) is 4.00. The maximum absolute atomic E-state index is 12.2. The molecule has 10 heteroatoms. The molecule has 1 aromatic carbocycles. The van der Waals surface area contributed by atoms with Crippen LogP contribution in [0.25, 0.3) is 0 Å². The summed E-state index contributed by atoms with van der Waals surface area (Å²) in [6, 6.07) is 1.88. The Kier molecular flexibility index (Phi) is 5.37. The Balaban J connectivity index is 3.35. The van der Waals surface area contributed by atoms with Gasteiger partial charge >= 0.3 is 5.97 Å². The number of hydrogen-bond donors (Lipinski definition) is 2. The summed E-state index contributed by atoms with van der Waals surface area (Å²) in [5.41, 5.74) is 0. The zero-order chi connectivity index (χ0) is 16.4. The first-order chi connectivity index (χ1) is 9.49. The predicted molar refractivity (Wildman–Crippen MR) is 76.6 cm³/mol. The summed E-state index contributed by atoms with van der Waals surface area (Å²) in [7, 11) is -7.88. The van der Waals surface area contributed by atoms with E-state index in [-0.39, 0.29) is 16.3 Å². The number of rotatable bonds is 6. The largest absolute Gasteiger partial charge is 0.480 e. The van der Waals surface area contributed by atoms with Crippen molar-refractivity contribution in [2.45, 2.75) is 29.2 Å². The number of hydrogen-bond acceptors (Lipinski definition) is 5. The van der Waals surface area contributed by atoms with Crippen molar-refractivity contribution in [1.82, 2.24) is 4.72 Å². The van der Waals surface area contributed by atoms with E-state index in [1.165, 1.54) is 13.0 Å². The summed E-state index contributed by atoms with van der Waals surface area (Å²) < 4.78 is 49.2. The summed E-state index contributed by atoms with van der Waals surface area (Å²) in [6.07, 6.45) is 0.949. The number of sulfonamides is 1. The Bertz CT molecular complexity index is 757. The van der Waals surface area contributed by atoms with Crippen molar-refractivity contribution in [2.24, 2.45) is 0 Å². The van der Waals surface area contributed by atoms with Crippen LogP contribution in [0.5, 0.6) is 0 Å². The normalized spacial score (nSPS) is 13.9. The summed E-state index contributed by atoms with van der Waals surface area (Å²) in [4.78, 5) is 10.2. The topological polar surface area (TPSA) is 118 Å². The van der Waals surface area contributed by atoms with E-state index < -0.39 is 36.8 Å². The third-order valence-corrected chi connectivity index (χ3v) is 5.69. The molecule has 0 aliphatic heterocycles. The predicted octanol–water partition coefficient (Wildman–Crippen LogP) is 0.885. The molecule has 0 heterocycles. The van der Waals surface area contributed by atoms with Crippen LogP contribution >= 0.6 is 11.6 Å². The van der Waals surface area contributed by atoms with Gasteiger partial charge in [0.1, 0.15) is 10.9 Å². The maximum Gasteiger partial charge on any atom is 0.321 e. The molecule has 1 rings (SSSR count). The average Bonchev–Trinajstić information content (AvgIpc) is 2.34. The van der Waals surface area contributed by atoms with Gasteiger partial charge in [0.25, 0.3) is 0 Å². The number of carboxylic acid groups (broad SMARTS) is 1. The zero-order valence-corrected chi connectivity index (χ0v) is 13.6. The van der Waals surface area contributed by atoms with Crippen LogP contribution in [0.4, 0.5) is 0 Å². The van der Waals surface area contributed by atoms with Gasteiger partial charge in [-0.15, -0.1) is 0 Å². The minimum atomic E-state index is -4.26. The SMILES string of the molecule is CC[C@@H](NS(=O)(=O)c1cc(S(C)(=O)=O)ccc1Cl)C(=O)O. The Hall–Kier alpha value is -1.16. The number of halogens is 1. The van der Waals surface area contributed by atoms with Crippen LogP contribution in [0, 0.1) is 0 Å². The third-order valence-electron chi connectivity index (χ3n) is 2.62. The Labute approximate surface area is 127 Å². The van der Waals surface area contributed by atoms with Crippen LogP contribution in [0.1, 0.15) is 13.3 Å². The molecule has 0 aliphatic rings. The first-order valence-corrected chi connectivity index (χ1v) is 9.49. The van der Waals surface area contributed by atoms with E-state index in [2.05, 4.69) is 0 Å². The second kappa shape index (κ2) is 6.30. The van der Waals surface area contributed by atoms with Gasteiger partial charge in [0.2, 0.25) is 10.0 Å². The van der Waals surface area contributed by atoms with Gasteiger partial charge in [0.05, 0.1) is 9.92 Å². The van der Waals surface area contributed by atoms with Crippen LogP contribution in [0.2, 0.25) is 5.02 Å². The fourth-order valence-electron chi connectivity index (χ4n) is 1.48. The van der Waals surface area contributed by atoms with Crippen LogP contribution in [-0.2, 0) is 24.7 Å². The molecule has 21 heavy (non-hydrogen) atoms. The Morgan fingerprint density at radius 1 is 1.33 bits per heavy atom. The summed E-state index contributed by atoms with van der Waals surface area (Å²) in [5, 5.41) is 8.68. The van der Waals surface area contributed by atoms with Crippen molar-refractivity contribution in [3.05, 3.63) is 23.2 Å². The molecule has 0 fully saturated rings. The molecule has 0 spiro atoms. The summed E-state index contributed by atoms with van der Waals surface area (Å²) in [6.45, 7) is 1.50. The number of benzene rings is 1. The van der Waals surface area contributed by atoms with E-state index in [0.717, 1.165) is 18.4 Å². The second-order valence-electron chi connectivity index (χ2n) is 4.28. The van der Waals surface area contributed by atoms with Crippen molar-refractivity contribution in [3.8, 4) is 0 Å². The molecule has 0 aliphatic carbocycles. The minimum absolute atomic E-state index is 0.0257. The molecule has 7 nitrogen and oxygen atoms in total. The third kappa shape index (κ3) is 4.40. The standard InChI is InChI=1S/C11H14ClNO6S2/c1-3-9(11(14)15)13-21(18,19)10-6-7(20(2,16)17)4-5-8(10)12/h4-6,9,13H,3H2,1-2H3,(H,14,15)/t9-/m1/s1. The van der Waals surface area contributed by atoms with E-state index in [4.69, 9.17) is 16.7 Å². The highest BCUT2D eigenvalue weighted by Crippen LogP contribution is 2.25. The number of carbonyl (C=O) groups is 1. The van der Waals surface area contributed by atoms with E-state index in [1.807, 2.05) is 4.72 Å². The lowest BCUT2D eigenvalue weighted by atomic mass is 10.2. The quantitative estimate of drug-likeness (QED) is 0.782. The number of carboxylic acids is 1. The van der Waals surface area contributed by atoms with E-state index in [9.17, 15) is 21.6 Å². The Morgan fingerprint density at radius 2 is 1.90 bits per heavy atom. The lowest BCUT2D eigenvalue weighted by Gasteiger charge is -2.14. The average molecular weight is 356 g/mol. The van der Waals surface area contributed by atoms with Crippen molar-refractivity contribution >= 4 is 37.4 Å². The number of nitrogens with one attached hydrogen (secondary N) is 1. The highest BCUT2D eigenvalue weighted by molar-refractivity contribution is 7.91. The maximum atomic E-state index is 12.2.